The number of nitrogens with zero attached hydrogens (tertiary/aromatic N) is 1. The van der Waals surface area contributed by atoms with Gasteiger partial charge >= 0.3 is 5.97 Å². The minimum atomic E-state index is -0.213. The Balaban J connectivity index is -0.000000513. The van der Waals surface area contributed by atoms with Gasteiger partial charge in [-0.05, 0) is 24.1 Å². The summed E-state index contributed by atoms with van der Waals surface area (Å²) in [6, 6.07) is 7.45. The molecule has 0 atom stereocenters. The molecule has 0 aromatic heterocycles. The van der Waals surface area contributed by atoms with Crippen LogP contribution in [-0.4, -0.2) is 44.0 Å². The third-order valence-electron chi connectivity index (χ3n) is 3.78. The third kappa shape index (κ3) is 27.0. The summed E-state index contributed by atoms with van der Waals surface area (Å²) < 4.78 is 5.06. The van der Waals surface area contributed by atoms with Crippen molar-refractivity contribution >= 4 is 24.0 Å². The fourth-order valence-electron chi connectivity index (χ4n) is 2.03. The molecule has 0 bridgehead atoms. The molecule has 0 spiro atoms. The molecule has 5 N–H and O–H groups in total. The molecule has 0 aliphatic carbocycles. The van der Waals surface area contributed by atoms with E-state index in [2.05, 4.69) is 40.2 Å². The Hall–Kier alpha value is -1.43. The number of hydrogen-bond acceptors (Lipinski definition) is 7. The molecule has 0 aliphatic rings. The molecular weight excluding hydrogens is 527 g/mol. The van der Waals surface area contributed by atoms with Gasteiger partial charge in [0.1, 0.15) is 6.61 Å². The molecule has 1 radical (unpaired) electrons. The van der Waals surface area contributed by atoms with Crippen LogP contribution in [0.2, 0.25) is 0 Å². The van der Waals surface area contributed by atoms with E-state index in [-0.39, 0.29) is 57.1 Å². The Morgan fingerprint density at radius 2 is 1.69 bits per heavy atom. The molecule has 35 heavy (non-hydrogen) atoms. The summed E-state index contributed by atoms with van der Waals surface area (Å²) in [4.78, 5) is 36.6. The van der Waals surface area contributed by atoms with E-state index in [9.17, 15) is 14.4 Å². The Bertz CT molecular complexity index is 646. The molecule has 11 heteroatoms. The molecule has 0 unspecified atom stereocenters. The summed E-state index contributed by atoms with van der Waals surface area (Å²) in [5.41, 5.74) is 5.11. The zero-order valence-electron chi connectivity index (χ0n) is 22.1. The maximum atomic E-state index is 11.2. The van der Waals surface area contributed by atoms with E-state index in [1.807, 2.05) is 13.8 Å². The number of hydrogen-bond donors (Lipinski definition) is 4. The van der Waals surface area contributed by atoms with Gasteiger partial charge in [-0.25, -0.2) is 5.90 Å². The van der Waals surface area contributed by atoms with Crippen molar-refractivity contribution < 1.29 is 56.8 Å². The molecule has 2 amide bonds. The zero-order chi connectivity index (χ0) is 26.2. The van der Waals surface area contributed by atoms with Crippen LogP contribution in [0.3, 0.4) is 0 Å². The van der Waals surface area contributed by atoms with Crippen LogP contribution in [0.25, 0.3) is 5.48 Å². The summed E-state index contributed by atoms with van der Waals surface area (Å²) in [5.74, 6) is 4.41. The Kier molecular flexibility index (Phi) is 29.6. The van der Waals surface area contributed by atoms with Gasteiger partial charge in [0.2, 0.25) is 12.3 Å². The number of carbonyl (C=O) groups excluding carboxylic acids is 3. The average molecular weight is 572 g/mol. The molecule has 0 aliphatic heterocycles. The van der Waals surface area contributed by atoms with Crippen LogP contribution in [0.5, 0.6) is 0 Å². The van der Waals surface area contributed by atoms with Gasteiger partial charge in [0.15, 0.2) is 0 Å². The number of carbonyl (C=O) groups is 3. The second-order valence-electron chi connectivity index (χ2n) is 7.98. The Morgan fingerprint density at radius 1 is 1.09 bits per heavy atom. The molecule has 1 aromatic carbocycles. The van der Waals surface area contributed by atoms with Crippen molar-refractivity contribution in [2.24, 2.45) is 11.8 Å². The van der Waals surface area contributed by atoms with Crippen LogP contribution < -0.4 is 21.8 Å². The van der Waals surface area contributed by atoms with Crippen LogP contribution in [0, 0.1) is 5.92 Å². The second-order valence-corrected chi connectivity index (χ2v) is 7.98. The molecule has 0 saturated heterocycles. The predicted molar refractivity (Wildman–Crippen MR) is 136 cm³/mol. The number of anilines is 1. The molecule has 0 fully saturated rings. The number of amides is 2. The van der Waals surface area contributed by atoms with Gasteiger partial charge in [0.05, 0.1) is 12.5 Å². The number of nitrogens with one attached hydrogen (secondary N) is 3. The SMILES string of the molecule is CC(C)C(=O)OCc1ccc(NC=O)cc1.CC(C)NCC(=O)NCCCC[N-]ON.CCC.[Y]. The smallest absolute Gasteiger partial charge is 0.308 e. The molecule has 0 saturated carbocycles. The topological polar surface area (TPSA) is 146 Å². The monoisotopic (exact) mass is 571 g/mol. The van der Waals surface area contributed by atoms with Crippen LogP contribution >= 0.6 is 0 Å². The van der Waals surface area contributed by atoms with E-state index in [0.29, 0.717) is 37.8 Å². The number of benzene rings is 1. The van der Waals surface area contributed by atoms with Crippen LogP contribution in [0.1, 0.15) is 66.4 Å². The van der Waals surface area contributed by atoms with Gasteiger partial charge in [0, 0.05) is 51.0 Å². The maximum Gasteiger partial charge on any atom is 0.308 e. The van der Waals surface area contributed by atoms with Crippen molar-refractivity contribution in [1.82, 2.24) is 10.6 Å². The van der Waals surface area contributed by atoms with Crippen molar-refractivity contribution in [3.8, 4) is 0 Å². The van der Waals surface area contributed by atoms with Crippen molar-refractivity contribution in [2.45, 2.75) is 73.5 Å². The summed E-state index contributed by atoms with van der Waals surface area (Å²) in [5, 5.41) is 8.37. The van der Waals surface area contributed by atoms with E-state index in [4.69, 9.17) is 10.6 Å². The van der Waals surface area contributed by atoms with E-state index < -0.39 is 0 Å². The Labute approximate surface area is 236 Å². The summed E-state index contributed by atoms with van der Waals surface area (Å²) in [7, 11) is 0. The van der Waals surface area contributed by atoms with Gasteiger partial charge in [-0.3, -0.25) is 14.4 Å². The van der Waals surface area contributed by atoms with Gasteiger partial charge in [-0.2, -0.15) is 0 Å². The standard InChI is InChI=1S/C12H15NO3.C9H21N4O2.C3H8.Y/c1-9(2)12(15)16-7-10-3-5-11(6-4-10)13-8-14;1-8(2)12-7-9(14)11-5-3-4-6-13-15-10;1-3-2;/h3-6,8-9H,7H2,1-2H3,(H,13,14);8,12H,3-7,10H2,1-2H3,(H,11,14);3H2,1-2H3;/q;-1;;. The second kappa shape index (κ2) is 27.2. The van der Waals surface area contributed by atoms with Gasteiger partial charge in [0.25, 0.3) is 0 Å². The number of hydroxylamine groups is 1. The molecular formula is C24H44N5O5Y-. The quantitative estimate of drug-likeness (QED) is 0.116. The van der Waals surface area contributed by atoms with Crippen molar-refractivity contribution in [2.75, 3.05) is 25.0 Å². The van der Waals surface area contributed by atoms with Crippen LogP contribution in [0.4, 0.5) is 5.69 Å². The summed E-state index contributed by atoms with van der Waals surface area (Å²) in [6.45, 7) is 13.7. The molecule has 10 nitrogen and oxygen atoms in total. The van der Waals surface area contributed by atoms with Crippen molar-refractivity contribution in [3.05, 3.63) is 35.3 Å². The first-order valence-corrected chi connectivity index (χ1v) is 11.7. The maximum absolute atomic E-state index is 11.2. The van der Waals surface area contributed by atoms with Gasteiger partial charge in [-0.1, -0.05) is 66.5 Å². The first kappa shape index (κ1) is 38.1. The zero-order valence-corrected chi connectivity index (χ0v) is 25.0. The van der Waals surface area contributed by atoms with Crippen molar-refractivity contribution in [1.29, 1.82) is 0 Å². The van der Waals surface area contributed by atoms with Crippen molar-refractivity contribution in [3.63, 3.8) is 0 Å². The van der Waals surface area contributed by atoms with E-state index in [1.165, 1.54) is 6.42 Å². The van der Waals surface area contributed by atoms with E-state index in [0.717, 1.165) is 18.4 Å². The number of nitrogens with two attached hydrogens (primary N) is 1. The number of esters is 1. The number of unbranched alkanes of at least 4 members (excludes halogenated alkanes) is 1. The normalized spacial score (nSPS) is 9.63. The molecule has 199 valence electrons. The summed E-state index contributed by atoms with van der Waals surface area (Å²) >= 11 is 0. The predicted octanol–water partition coefficient (Wildman–Crippen LogP) is 3.43. The average Bonchev–Trinajstić information content (AvgIpc) is 2.80. The first-order valence-electron chi connectivity index (χ1n) is 11.7. The van der Waals surface area contributed by atoms with E-state index >= 15 is 0 Å². The fraction of sp³-hybridized carbons (Fsp3) is 0.625. The minimum Gasteiger partial charge on any atom is -0.514 e. The minimum absolute atomic E-state index is 0. The Morgan fingerprint density at radius 3 is 2.17 bits per heavy atom. The summed E-state index contributed by atoms with van der Waals surface area (Å²) in [6.07, 6.45) is 3.60. The van der Waals surface area contributed by atoms with Gasteiger partial charge in [-0.15, -0.1) is 6.54 Å². The molecule has 1 rings (SSSR count). The third-order valence-corrected chi connectivity index (χ3v) is 3.78. The van der Waals surface area contributed by atoms with Crippen LogP contribution in [-0.2, 0) is 63.4 Å². The fourth-order valence-corrected chi connectivity index (χ4v) is 2.03. The van der Waals surface area contributed by atoms with Gasteiger partial charge < -0.3 is 31.1 Å². The first-order chi connectivity index (χ1) is 16.2. The van der Waals surface area contributed by atoms with Crippen LogP contribution in [0.15, 0.2) is 24.3 Å². The molecule has 1 aromatic rings. The number of ether oxygens (including phenoxy) is 1. The number of rotatable bonds is 14. The largest absolute Gasteiger partial charge is 0.514 e. The molecule has 0 heterocycles. The van der Waals surface area contributed by atoms with E-state index in [1.54, 1.807) is 38.1 Å².